The van der Waals surface area contributed by atoms with Crippen molar-refractivity contribution < 1.29 is 14.7 Å². The van der Waals surface area contributed by atoms with Gasteiger partial charge >= 0.3 is 5.97 Å². The highest BCUT2D eigenvalue weighted by Gasteiger charge is 2.24. The molecule has 0 bridgehead atoms. The van der Waals surface area contributed by atoms with E-state index < -0.39 is 5.97 Å². The lowest BCUT2D eigenvalue weighted by atomic mass is 10.1. The first kappa shape index (κ1) is 18.2. The Balaban J connectivity index is 2.03. The molecule has 1 aromatic heterocycles. The van der Waals surface area contributed by atoms with Crippen molar-refractivity contribution in [3.05, 3.63) is 75.6 Å². The zero-order chi connectivity index (χ0) is 18.8. The van der Waals surface area contributed by atoms with Crippen LogP contribution in [0.2, 0.25) is 5.02 Å². The third kappa shape index (κ3) is 3.49. The van der Waals surface area contributed by atoms with Gasteiger partial charge in [-0.1, -0.05) is 47.5 Å². The summed E-state index contributed by atoms with van der Waals surface area (Å²) >= 11 is 7.33. The molecule has 4 nitrogen and oxygen atoms in total. The Hall–Kier alpha value is -2.63. The summed E-state index contributed by atoms with van der Waals surface area (Å²) in [6, 6.07) is 16.1. The molecule has 0 aliphatic heterocycles. The maximum absolute atomic E-state index is 12.8. The van der Waals surface area contributed by atoms with E-state index in [9.17, 15) is 14.7 Å². The fraction of sp³-hybridized carbons (Fsp3) is 0.100. The van der Waals surface area contributed by atoms with Crippen molar-refractivity contribution in [2.45, 2.75) is 6.92 Å². The first-order chi connectivity index (χ1) is 12.4. The summed E-state index contributed by atoms with van der Waals surface area (Å²) < 4.78 is 0. The molecule has 0 atom stereocenters. The van der Waals surface area contributed by atoms with E-state index in [1.165, 1.54) is 4.90 Å². The third-order valence-electron chi connectivity index (χ3n) is 4.01. The number of hydrogen-bond donors (Lipinski definition) is 1. The Kier molecular flexibility index (Phi) is 5.11. The first-order valence-electron chi connectivity index (χ1n) is 7.85. The molecule has 26 heavy (non-hydrogen) atoms. The van der Waals surface area contributed by atoms with Crippen molar-refractivity contribution in [2.75, 3.05) is 11.9 Å². The normalized spacial score (nSPS) is 10.6. The van der Waals surface area contributed by atoms with Crippen molar-refractivity contribution in [1.29, 1.82) is 0 Å². The number of hydrogen-bond acceptors (Lipinski definition) is 3. The molecule has 1 heterocycles. The van der Waals surface area contributed by atoms with Crippen LogP contribution < -0.4 is 4.90 Å². The van der Waals surface area contributed by atoms with Gasteiger partial charge in [0, 0.05) is 28.1 Å². The maximum atomic E-state index is 12.8. The standard InChI is InChI=1S/C20H16ClNO3S/c1-12-7-9-13(10-8-12)19(23)22(2)16-11-17(26-18(16)20(24)25)14-5-3-4-6-15(14)21/h3-11H,1-2H3,(H,24,25). The minimum absolute atomic E-state index is 0.0999. The van der Waals surface area contributed by atoms with Crippen LogP contribution in [0.4, 0.5) is 5.69 Å². The number of benzene rings is 2. The molecular formula is C20H16ClNO3S. The zero-order valence-corrected chi connectivity index (χ0v) is 15.8. The molecule has 1 N–H and O–H groups in total. The van der Waals surface area contributed by atoms with E-state index in [0.29, 0.717) is 21.2 Å². The Labute approximate surface area is 160 Å². The highest BCUT2D eigenvalue weighted by atomic mass is 35.5. The Bertz CT molecular complexity index is 979. The molecule has 3 aromatic rings. The molecular weight excluding hydrogens is 370 g/mol. The average molecular weight is 386 g/mol. The molecule has 0 fully saturated rings. The van der Waals surface area contributed by atoms with E-state index in [1.54, 1.807) is 31.3 Å². The quantitative estimate of drug-likeness (QED) is 0.658. The molecule has 0 unspecified atom stereocenters. The lowest BCUT2D eigenvalue weighted by Crippen LogP contribution is -2.27. The van der Waals surface area contributed by atoms with Gasteiger partial charge in [-0.2, -0.15) is 0 Å². The fourth-order valence-corrected chi connectivity index (χ4v) is 3.94. The van der Waals surface area contributed by atoms with Crippen LogP contribution in [0, 0.1) is 6.92 Å². The highest BCUT2D eigenvalue weighted by molar-refractivity contribution is 7.18. The van der Waals surface area contributed by atoms with E-state index in [1.807, 2.05) is 37.3 Å². The largest absolute Gasteiger partial charge is 0.477 e. The van der Waals surface area contributed by atoms with Gasteiger partial charge in [-0.05, 0) is 31.2 Å². The van der Waals surface area contributed by atoms with E-state index >= 15 is 0 Å². The molecule has 0 aliphatic carbocycles. The van der Waals surface area contributed by atoms with Crippen LogP contribution in [-0.2, 0) is 0 Å². The van der Waals surface area contributed by atoms with Gasteiger partial charge in [0.15, 0.2) is 0 Å². The second-order valence-electron chi connectivity index (χ2n) is 5.84. The number of carbonyl (C=O) groups excluding carboxylic acids is 1. The van der Waals surface area contributed by atoms with Crippen molar-refractivity contribution in [3.8, 4) is 10.4 Å². The number of halogens is 1. The van der Waals surface area contributed by atoms with Crippen LogP contribution in [0.3, 0.4) is 0 Å². The summed E-state index contributed by atoms with van der Waals surface area (Å²) in [4.78, 5) is 26.6. The number of rotatable bonds is 4. The molecule has 1 amide bonds. The molecule has 0 saturated carbocycles. The number of aryl methyl sites for hydroxylation is 1. The summed E-state index contributed by atoms with van der Waals surface area (Å²) in [7, 11) is 1.58. The number of anilines is 1. The van der Waals surface area contributed by atoms with Crippen molar-refractivity contribution in [2.24, 2.45) is 0 Å². The van der Waals surface area contributed by atoms with Crippen LogP contribution in [-0.4, -0.2) is 24.0 Å². The summed E-state index contributed by atoms with van der Waals surface area (Å²) in [6.45, 7) is 1.94. The predicted molar refractivity (Wildman–Crippen MR) is 106 cm³/mol. The number of carbonyl (C=O) groups is 2. The molecule has 6 heteroatoms. The van der Waals surface area contributed by atoms with Crippen LogP contribution in [0.5, 0.6) is 0 Å². The SMILES string of the molecule is Cc1ccc(C(=O)N(C)c2cc(-c3ccccc3Cl)sc2C(=O)O)cc1. The Morgan fingerprint density at radius 2 is 1.73 bits per heavy atom. The van der Waals surface area contributed by atoms with Gasteiger partial charge < -0.3 is 10.0 Å². The van der Waals surface area contributed by atoms with Gasteiger partial charge in [-0.3, -0.25) is 4.79 Å². The number of carboxylic acids is 1. The minimum Gasteiger partial charge on any atom is -0.477 e. The van der Waals surface area contributed by atoms with E-state index in [4.69, 9.17) is 11.6 Å². The average Bonchev–Trinajstić information content (AvgIpc) is 3.07. The van der Waals surface area contributed by atoms with Gasteiger partial charge in [0.1, 0.15) is 4.88 Å². The van der Waals surface area contributed by atoms with Crippen LogP contribution in [0.1, 0.15) is 25.6 Å². The zero-order valence-electron chi connectivity index (χ0n) is 14.2. The van der Waals surface area contributed by atoms with Crippen LogP contribution >= 0.6 is 22.9 Å². The van der Waals surface area contributed by atoms with Crippen molar-refractivity contribution in [3.63, 3.8) is 0 Å². The number of amides is 1. The van der Waals surface area contributed by atoms with E-state index in [2.05, 4.69) is 0 Å². The van der Waals surface area contributed by atoms with Crippen molar-refractivity contribution >= 4 is 40.5 Å². The van der Waals surface area contributed by atoms with Gasteiger partial charge in [-0.15, -0.1) is 11.3 Å². The number of nitrogens with zero attached hydrogens (tertiary/aromatic N) is 1. The first-order valence-corrected chi connectivity index (χ1v) is 9.04. The molecule has 0 saturated heterocycles. The number of aromatic carboxylic acids is 1. The maximum Gasteiger partial charge on any atom is 0.348 e. The molecule has 0 aliphatic rings. The minimum atomic E-state index is -1.08. The second-order valence-corrected chi connectivity index (χ2v) is 7.30. The molecule has 2 aromatic carbocycles. The topological polar surface area (TPSA) is 57.6 Å². The second kappa shape index (κ2) is 7.32. The lowest BCUT2D eigenvalue weighted by Gasteiger charge is -2.17. The Morgan fingerprint density at radius 3 is 2.35 bits per heavy atom. The van der Waals surface area contributed by atoms with Gasteiger partial charge in [0.05, 0.1) is 5.69 Å². The fourth-order valence-electron chi connectivity index (χ4n) is 2.58. The van der Waals surface area contributed by atoms with E-state index in [-0.39, 0.29) is 10.8 Å². The van der Waals surface area contributed by atoms with Crippen molar-refractivity contribution in [1.82, 2.24) is 0 Å². The predicted octanol–water partition coefficient (Wildman–Crippen LogP) is 5.35. The Morgan fingerprint density at radius 1 is 1.08 bits per heavy atom. The highest BCUT2D eigenvalue weighted by Crippen LogP contribution is 2.39. The number of carboxylic acid groups (broad SMARTS) is 1. The molecule has 0 radical (unpaired) electrons. The molecule has 132 valence electrons. The number of thiophene rings is 1. The van der Waals surface area contributed by atoms with Crippen LogP contribution in [0.25, 0.3) is 10.4 Å². The van der Waals surface area contributed by atoms with Crippen LogP contribution in [0.15, 0.2) is 54.6 Å². The van der Waals surface area contributed by atoms with E-state index in [0.717, 1.165) is 22.5 Å². The monoisotopic (exact) mass is 385 g/mol. The lowest BCUT2D eigenvalue weighted by molar-refractivity contribution is 0.0703. The molecule has 3 rings (SSSR count). The molecule has 0 spiro atoms. The van der Waals surface area contributed by atoms with Gasteiger partial charge in [0.25, 0.3) is 5.91 Å². The third-order valence-corrected chi connectivity index (χ3v) is 5.49. The summed E-state index contributed by atoms with van der Waals surface area (Å²) in [6.07, 6.45) is 0. The van der Waals surface area contributed by atoms with Gasteiger partial charge in [-0.25, -0.2) is 4.79 Å². The summed E-state index contributed by atoms with van der Waals surface area (Å²) in [5, 5.41) is 10.1. The summed E-state index contributed by atoms with van der Waals surface area (Å²) in [5.41, 5.74) is 2.64. The van der Waals surface area contributed by atoms with Gasteiger partial charge in [0.2, 0.25) is 0 Å². The summed E-state index contributed by atoms with van der Waals surface area (Å²) in [5.74, 6) is -1.34. The smallest absolute Gasteiger partial charge is 0.348 e.